The summed E-state index contributed by atoms with van der Waals surface area (Å²) < 4.78 is 24.6. The summed E-state index contributed by atoms with van der Waals surface area (Å²) in [7, 11) is -3.81. The largest absolute Gasteiger partial charge is 0.480 e. The van der Waals surface area contributed by atoms with Crippen LogP contribution in [0.5, 0.6) is 0 Å². The monoisotopic (exact) mass is 284 g/mol. The number of carbonyl (C=O) groups is 1. The van der Waals surface area contributed by atoms with Crippen molar-refractivity contribution >= 4 is 15.8 Å². The highest BCUT2D eigenvalue weighted by atomic mass is 32.2. The van der Waals surface area contributed by atoms with Crippen LogP contribution in [0.25, 0.3) is 0 Å². The Hall–Kier alpha value is -1.36. The zero-order valence-electron chi connectivity index (χ0n) is 11.7. The highest BCUT2D eigenvalue weighted by molar-refractivity contribution is 7.92. The Bertz CT molecular complexity index is 545. The second kappa shape index (κ2) is 5.74. The van der Waals surface area contributed by atoms with Gasteiger partial charge < -0.3 is 5.11 Å². The van der Waals surface area contributed by atoms with Crippen LogP contribution in [0.2, 0.25) is 0 Å². The van der Waals surface area contributed by atoms with E-state index in [-0.39, 0.29) is 16.7 Å². The molecule has 0 aliphatic heterocycles. The molecule has 0 atom stereocenters. The normalized spacial score (nSPS) is 12.1. The van der Waals surface area contributed by atoms with Crippen molar-refractivity contribution in [2.45, 2.75) is 44.4 Å². The number of hydrogen-bond donors (Lipinski definition) is 1. The summed E-state index contributed by atoms with van der Waals surface area (Å²) >= 11 is 0. The first kappa shape index (κ1) is 15.7. The van der Waals surface area contributed by atoms with Gasteiger partial charge in [-0.2, -0.15) is 0 Å². The fraction of sp³-hybridized carbons (Fsp3) is 0.500. The van der Waals surface area contributed by atoms with E-state index in [1.807, 2.05) is 33.8 Å². The van der Waals surface area contributed by atoms with Gasteiger partial charge in [-0.25, -0.2) is 8.42 Å². The average molecular weight is 284 g/mol. The second-order valence-corrected chi connectivity index (χ2v) is 7.15. The van der Waals surface area contributed by atoms with E-state index >= 15 is 0 Å². The van der Waals surface area contributed by atoms with Crippen LogP contribution in [0, 0.1) is 0 Å². The van der Waals surface area contributed by atoms with E-state index in [0.717, 1.165) is 0 Å². The van der Waals surface area contributed by atoms with E-state index in [4.69, 9.17) is 5.11 Å². The number of carboxylic acid groups (broad SMARTS) is 1. The van der Waals surface area contributed by atoms with Gasteiger partial charge in [0, 0.05) is 0 Å². The summed E-state index contributed by atoms with van der Waals surface area (Å²) in [6, 6.07) is 5.33. The van der Waals surface area contributed by atoms with Crippen LogP contribution in [0.3, 0.4) is 0 Å². The fourth-order valence-corrected chi connectivity index (χ4v) is 3.87. The van der Waals surface area contributed by atoms with E-state index in [0.29, 0.717) is 11.1 Å². The summed E-state index contributed by atoms with van der Waals surface area (Å²) in [5.74, 6) is -2.14. The molecule has 0 fully saturated rings. The minimum Gasteiger partial charge on any atom is -0.480 e. The lowest BCUT2D eigenvalue weighted by Crippen LogP contribution is -2.19. The maximum absolute atomic E-state index is 12.3. The third-order valence-corrected chi connectivity index (χ3v) is 4.66. The van der Waals surface area contributed by atoms with Crippen molar-refractivity contribution in [3.63, 3.8) is 0 Å². The van der Waals surface area contributed by atoms with Gasteiger partial charge in [-0.15, -0.1) is 0 Å². The average Bonchev–Trinajstić information content (AvgIpc) is 2.26. The van der Waals surface area contributed by atoms with E-state index in [1.165, 1.54) is 0 Å². The Balaban J connectivity index is 3.58. The third-order valence-electron chi connectivity index (χ3n) is 2.94. The number of benzene rings is 1. The highest BCUT2D eigenvalue weighted by Gasteiger charge is 2.27. The SMILES string of the molecule is CC(C)c1cccc(C(C)C)c1S(=O)(=O)CC(=O)O. The fourth-order valence-electron chi connectivity index (χ4n) is 2.08. The van der Waals surface area contributed by atoms with Crippen LogP contribution < -0.4 is 0 Å². The molecule has 0 spiro atoms. The molecule has 4 nitrogen and oxygen atoms in total. The quantitative estimate of drug-likeness (QED) is 0.902. The lowest BCUT2D eigenvalue weighted by molar-refractivity contribution is -0.134. The summed E-state index contributed by atoms with van der Waals surface area (Å²) in [4.78, 5) is 11.0. The summed E-state index contributed by atoms with van der Waals surface area (Å²) in [5, 5.41) is 8.79. The summed E-state index contributed by atoms with van der Waals surface area (Å²) in [6.07, 6.45) is 0. The van der Waals surface area contributed by atoms with Crippen molar-refractivity contribution in [1.29, 1.82) is 0 Å². The standard InChI is InChI=1S/C14H20O4S/c1-9(2)11-6-5-7-12(10(3)4)14(11)19(17,18)8-13(15)16/h5-7,9-10H,8H2,1-4H3,(H,15,16). The predicted molar refractivity (Wildman–Crippen MR) is 74.3 cm³/mol. The van der Waals surface area contributed by atoms with Gasteiger partial charge in [0.15, 0.2) is 15.6 Å². The molecule has 19 heavy (non-hydrogen) atoms. The predicted octanol–water partition coefficient (Wildman–Crippen LogP) is 2.79. The van der Waals surface area contributed by atoms with Crippen molar-refractivity contribution in [2.24, 2.45) is 0 Å². The van der Waals surface area contributed by atoms with E-state index < -0.39 is 21.6 Å². The Labute approximate surface area is 114 Å². The van der Waals surface area contributed by atoms with Gasteiger partial charge in [-0.1, -0.05) is 45.9 Å². The highest BCUT2D eigenvalue weighted by Crippen LogP contribution is 2.32. The minimum atomic E-state index is -3.81. The van der Waals surface area contributed by atoms with Crippen LogP contribution in [0.1, 0.15) is 50.7 Å². The second-order valence-electron chi connectivity index (χ2n) is 5.23. The molecule has 0 amide bonds. The Morgan fingerprint density at radius 3 is 1.84 bits per heavy atom. The lowest BCUT2D eigenvalue weighted by atomic mass is 9.95. The van der Waals surface area contributed by atoms with Crippen molar-refractivity contribution < 1.29 is 18.3 Å². The molecule has 0 heterocycles. The minimum absolute atomic E-state index is 0.0252. The molecule has 0 bridgehead atoms. The van der Waals surface area contributed by atoms with Gasteiger partial charge in [0.05, 0.1) is 4.90 Å². The number of aliphatic carboxylic acids is 1. The molecule has 0 aliphatic carbocycles. The zero-order valence-corrected chi connectivity index (χ0v) is 12.5. The van der Waals surface area contributed by atoms with Gasteiger partial charge in [0.25, 0.3) is 0 Å². The number of sulfone groups is 1. The maximum atomic E-state index is 12.3. The third kappa shape index (κ3) is 3.56. The molecule has 5 heteroatoms. The first-order valence-corrected chi connectivity index (χ1v) is 7.89. The van der Waals surface area contributed by atoms with Gasteiger partial charge in [0.2, 0.25) is 0 Å². The Morgan fingerprint density at radius 1 is 1.11 bits per heavy atom. The molecule has 1 rings (SSSR count). The zero-order chi connectivity index (χ0) is 14.8. The van der Waals surface area contributed by atoms with E-state index in [9.17, 15) is 13.2 Å². The molecular formula is C14H20O4S. The van der Waals surface area contributed by atoms with Crippen molar-refractivity contribution in [2.75, 3.05) is 5.75 Å². The Morgan fingerprint density at radius 2 is 1.53 bits per heavy atom. The van der Waals surface area contributed by atoms with Crippen LogP contribution in [0.15, 0.2) is 23.1 Å². The van der Waals surface area contributed by atoms with Crippen LogP contribution in [-0.4, -0.2) is 25.2 Å². The molecule has 1 aromatic rings. The van der Waals surface area contributed by atoms with Crippen LogP contribution in [-0.2, 0) is 14.6 Å². The molecule has 0 saturated carbocycles. The van der Waals surface area contributed by atoms with Gasteiger partial charge in [-0.3, -0.25) is 4.79 Å². The molecule has 106 valence electrons. The molecule has 0 aromatic heterocycles. The maximum Gasteiger partial charge on any atom is 0.319 e. The number of carboxylic acids is 1. The lowest BCUT2D eigenvalue weighted by Gasteiger charge is -2.18. The topological polar surface area (TPSA) is 71.4 Å². The van der Waals surface area contributed by atoms with E-state index in [1.54, 1.807) is 12.1 Å². The Kier molecular flexibility index (Phi) is 4.74. The summed E-state index contributed by atoms with van der Waals surface area (Å²) in [6.45, 7) is 7.61. The van der Waals surface area contributed by atoms with Crippen molar-refractivity contribution in [3.05, 3.63) is 29.3 Å². The molecular weight excluding hydrogens is 264 g/mol. The summed E-state index contributed by atoms with van der Waals surface area (Å²) in [5.41, 5.74) is 1.37. The van der Waals surface area contributed by atoms with Crippen LogP contribution in [0.4, 0.5) is 0 Å². The van der Waals surface area contributed by atoms with Gasteiger partial charge in [0.1, 0.15) is 0 Å². The molecule has 0 aliphatic rings. The van der Waals surface area contributed by atoms with Crippen molar-refractivity contribution in [1.82, 2.24) is 0 Å². The van der Waals surface area contributed by atoms with Gasteiger partial charge in [-0.05, 0) is 23.0 Å². The number of hydrogen-bond acceptors (Lipinski definition) is 3. The molecule has 0 radical (unpaired) electrons. The van der Waals surface area contributed by atoms with Crippen molar-refractivity contribution in [3.8, 4) is 0 Å². The first-order chi connectivity index (χ1) is 8.66. The molecule has 1 aromatic carbocycles. The molecule has 1 N–H and O–H groups in total. The van der Waals surface area contributed by atoms with Gasteiger partial charge >= 0.3 is 5.97 Å². The number of rotatable bonds is 5. The molecule has 0 saturated heterocycles. The van der Waals surface area contributed by atoms with Crippen LogP contribution >= 0.6 is 0 Å². The molecule has 0 unspecified atom stereocenters. The van der Waals surface area contributed by atoms with E-state index in [2.05, 4.69) is 0 Å². The first-order valence-electron chi connectivity index (χ1n) is 6.24. The smallest absolute Gasteiger partial charge is 0.319 e.